The van der Waals surface area contributed by atoms with Crippen molar-refractivity contribution in [1.29, 1.82) is 0 Å². The van der Waals surface area contributed by atoms with Gasteiger partial charge < -0.3 is 11.5 Å². The molecule has 0 unspecified atom stereocenters. The van der Waals surface area contributed by atoms with Gasteiger partial charge in [-0.2, -0.15) is 0 Å². The monoisotopic (exact) mass is 566 g/mol. The maximum absolute atomic E-state index is 13.0. The molecule has 1 aliphatic rings. The number of halogens is 4. The number of fused-ring (bicyclic) bond motifs is 2. The summed E-state index contributed by atoms with van der Waals surface area (Å²) in [5, 5.41) is 0.684. The second-order valence-corrected chi connectivity index (χ2v) is 8.63. The Balaban J connectivity index is 2.49. The molecule has 0 bridgehead atoms. The zero-order valence-electron chi connectivity index (χ0n) is 10.7. The van der Waals surface area contributed by atoms with Crippen molar-refractivity contribution in [2.45, 2.75) is 0 Å². The number of carbonyl (C=O) groups excluding carboxylic acids is 1. The number of nitrogens with two attached hydrogens (primary N) is 2. The normalized spacial score (nSPS) is 13.1. The first-order valence-electron chi connectivity index (χ1n) is 5.94. The Morgan fingerprint density at radius 2 is 1.09 bits per heavy atom. The van der Waals surface area contributed by atoms with Crippen LogP contribution in [0.3, 0.4) is 0 Å². The largest absolute Gasteiger partial charge is 0.397 e. The van der Waals surface area contributed by atoms with Gasteiger partial charge in [-0.15, -0.1) is 8.86 Å². The highest BCUT2D eigenvalue weighted by Crippen LogP contribution is 2.44. The van der Waals surface area contributed by atoms with E-state index in [1.54, 1.807) is 12.1 Å². The molecule has 8 heteroatoms. The highest BCUT2D eigenvalue weighted by molar-refractivity contribution is 9.11. The van der Waals surface area contributed by atoms with E-state index in [4.69, 9.17) is 11.5 Å². The molecule has 1 aliphatic carbocycles. The molecule has 0 amide bonds. The van der Waals surface area contributed by atoms with Crippen molar-refractivity contribution in [2.24, 2.45) is 0 Å². The van der Waals surface area contributed by atoms with E-state index in [1.807, 2.05) is 0 Å². The van der Waals surface area contributed by atoms with Gasteiger partial charge in [-0.25, -0.2) is 0 Å². The van der Waals surface area contributed by atoms with Crippen LogP contribution < -0.4 is 11.5 Å². The Hall–Kier alpha value is -0.200. The number of ketones is 1. The van der Waals surface area contributed by atoms with Gasteiger partial charge >= 0.3 is 0 Å². The Morgan fingerprint density at radius 1 is 0.727 bits per heavy atom. The first-order chi connectivity index (χ1) is 10.3. The molecule has 0 atom stereocenters. The van der Waals surface area contributed by atoms with Crippen LogP contribution in [0.4, 0.5) is 11.4 Å². The van der Waals surface area contributed by atoms with Crippen LogP contribution in [0, 0.1) is 0 Å². The lowest BCUT2D eigenvalue weighted by molar-refractivity contribution is 0.103. The average molecular weight is 570 g/mol. The molecule has 2 aromatic rings. The number of carbonyl (C=O) groups is 1. The first-order valence-corrected chi connectivity index (χ1v) is 9.61. The lowest BCUT2D eigenvalue weighted by Gasteiger charge is -2.26. The predicted molar refractivity (Wildman–Crippen MR) is 107 cm³/mol. The van der Waals surface area contributed by atoms with Crippen LogP contribution >= 0.6 is 72.6 Å². The van der Waals surface area contributed by atoms with Crippen LogP contribution in [-0.4, -0.2) is 11.1 Å². The van der Waals surface area contributed by atoms with Crippen molar-refractivity contribution in [3.8, 4) is 0 Å². The van der Waals surface area contributed by atoms with E-state index in [-0.39, 0.29) is 5.78 Å². The Bertz CT molecular complexity index is 826. The van der Waals surface area contributed by atoms with Gasteiger partial charge in [-0.3, -0.25) is 4.79 Å². The minimum absolute atomic E-state index is 0.135. The highest BCUT2D eigenvalue weighted by Gasteiger charge is 2.34. The fourth-order valence-corrected chi connectivity index (χ4v) is 5.69. The molecule has 0 aliphatic heterocycles. The van der Waals surface area contributed by atoms with Crippen LogP contribution in [0.25, 0.3) is 0 Å². The van der Waals surface area contributed by atoms with Gasteiger partial charge in [0, 0.05) is 45.4 Å². The maximum Gasteiger partial charge on any atom is 0.196 e. The van der Waals surface area contributed by atoms with E-state index in [9.17, 15) is 4.79 Å². The zero-order valence-corrected chi connectivity index (χ0v) is 18.1. The smallest absolute Gasteiger partial charge is 0.196 e. The van der Waals surface area contributed by atoms with Crippen molar-refractivity contribution in [3.63, 3.8) is 0 Å². The summed E-state index contributed by atoms with van der Waals surface area (Å²) in [6, 6.07) is 3.54. The van der Waals surface area contributed by atoms with Crippen molar-refractivity contribution >= 4 is 95.0 Å². The van der Waals surface area contributed by atoms with Crippen molar-refractivity contribution in [3.05, 3.63) is 52.3 Å². The Morgan fingerprint density at radius 3 is 1.45 bits per heavy atom. The fraction of sp³-hybridized carbons (Fsp3) is 0. The average Bonchev–Trinajstić information content (AvgIpc) is 2.44. The third-order valence-corrected chi connectivity index (χ3v) is 6.55. The summed E-state index contributed by atoms with van der Waals surface area (Å²) in [6.07, 6.45) is 0. The summed E-state index contributed by atoms with van der Waals surface area (Å²) in [7, 11) is 3.63. The standard InChI is InChI=1S/C14H7Br4N2OP/c15-3-1-5(17)11(19)9-7(3)13(21)8-4(16)2-6(18)12(20)10(8)14(9)22/h1-2,22H,19-20H2. The van der Waals surface area contributed by atoms with Crippen LogP contribution in [0.15, 0.2) is 30.0 Å². The maximum atomic E-state index is 13.0. The predicted octanol–water partition coefficient (Wildman–Crippen LogP) is 5.16. The van der Waals surface area contributed by atoms with E-state index >= 15 is 0 Å². The highest BCUT2D eigenvalue weighted by atomic mass is 79.9. The fourth-order valence-electron chi connectivity index (χ4n) is 2.48. The second-order valence-electron chi connectivity index (χ2n) is 4.71. The topological polar surface area (TPSA) is 69.1 Å². The summed E-state index contributed by atoms with van der Waals surface area (Å²) in [6.45, 7) is 0. The van der Waals surface area contributed by atoms with Crippen molar-refractivity contribution < 1.29 is 4.79 Å². The van der Waals surface area contributed by atoms with E-state index in [1.165, 1.54) is 0 Å². The zero-order chi connectivity index (χ0) is 16.3. The molecule has 0 radical (unpaired) electrons. The quantitative estimate of drug-likeness (QED) is 0.290. The van der Waals surface area contributed by atoms with Crippen molar-refractivity contribution in [1.82, 2.24) is 0 Å². The summed E-state index contributed by atoms with van der Waals surface area (Å²) >= 11 is 13.7. The number of hydrogen-bond acceptors (Lipinski definition) is 3. The summed E-state index contributed by atoms with van der Waals surface area (Å²) in [5.74, 6) is -0.135. The van der Waals surface area contributed by atoms with Crippen LogP contribution in [-0.2, 0) is 0 Å². The van der Waals surface area contributed by atoms with Crippen LogP contribution in [0.1, 0.15) is 27.0 Å². The summed E-state index contributed by atoms with van der Waals surface area (Å²) in [4.78, 5) is 13.0. The molecule has 0 saturated heterocycles. The third-order valence-electron chi connectivity index (χ3n) is 3.49. The molecule has 0 aromatic heterocycles. The second kappa shape index (κ2) is 5.71. The Kier molecular flexibility index (Phi) is 4.32. The van der Waals surface area contributed by atoms with Gasteiger partial charge in [0.25, 0.3) is 0 Å². The molecule has 22 heavy (non-hydrogen) atoms. The molecule has 4 N–H and O–H groups in total. The molecule has 3 rings (SSSR count). The molecule has 0 heterocycles. The van der Waals surface area contributed by atoms with Gasteiger partial charge in [0.2, 0.25) is 0 Å². The lowest BCUT2D eigenvalue weighted by atomic mass is 9.83. The number of benzene rings is 2. The molecule has 0 spiro atoms. The third kappa shape index (κ3) is 2.25. The summed E-state index contributed by atoms with van der Waals surface area (Å²) < 4.78 is 2.75. The number of hydrogen-bond donors (Lipinski definition) is 2. The van der Waals surface area contributed by atoms with Crippen LogP contribution in [0.2, 0.25) is 0 Å². The SMILES string of the molecule is Nc1c(Br)cc(Br)c2c1C(=P)c1c(N)c(Br)cc(Br)c1C2=O. The van der Waals surface area contributed by atoms with Gasteiger partial charge in [0.05, 0.1) is 11.4 Å². The molecule has 0 saturated carbocycles. The number of nitrogen functional groups attached to an aromatic ring is 2. The van der Waals surface area contributed by atoms with Crippen molar-refractivity contribution in [2.75, 3.05) is 11.5 Å². The van der Waals surface area contributed by atoms with E-state index in [2.05, 4.69) is 72.6 Å². The molecular formula is C14H7Br4N2OP. The number of anilines is 2. The molecule has 2 aromatic carbocycles. The first kappa shape index (κ1) is 16.7. The summed E-state index contributed by atoms with van der Waals surface area (Å²) in [5.41, 5.74) is 15.6. The molecule has 0 fully saturated rings. The van der Waals surface area contributed by atoms with E-state index < -0.39 is 0 Å². The number of rotatable bonds is 0. The van der Waals surface area contributed by atoms with Gasteiger partial charge in [0.15, 0.2) is 5.78 Å². The minimum Gasteiger partial charge on any atom is -0.397 e. The van der Waals surface area contributed by atoms with Gasteiger partial charge in [0.1, 0.15) is 0 Å². The molecule has 112 valence electrons. The van der Waals surface area contributed by atoms with Gasteiger partial charge in [-0.1, -0.05) is 0 Å². The minimum atomic E-state index is -0.135. The molecular weight excluding hydrogens is 563 g/mol. The van der Waals surface area contributed by atoms with Crippen LogP contribution in [0.5, 0.6) is 0 Å². The Labute approximate surface area is 162 Å². The molecule has 3 nitrogen and oxygen atoms in total. The van der Waals surface area contributed by atoms with Gasteiger partial charge in [-0.05, 0) is 75.9 Å². The van der Waals surface area contributed by atoms with E-state index in [0.717, 1.165) is 0 Å². The lowest BCUT2D eigenvalue weighted by Crippen LogP contribution is -2.24. The van der Waals surface area contributed by atoms with E-state index in [0.29, 0.717) is 56.8 Å².